The molecular weight excluding hydrogens is 603 g/mol. The number of hydrogen-bond donors (Lipinski definition) is 0. The number of hydrogen-bond acceptors (Lipinski definition) is 6. The number of alkyl halides is 3. The summed E-state index contributed by atoms with van der Waals surface area (Å²) in [4.78, 5) is 26.6. The number of ether oxygens (including phenoxy) is 1. The normalized spacial score (nSPS) is 20.0. The van der Waals surface area contributed by atoms with Gasteiger partial charge in [0.1, 0.15) is 0 Å². The lowest BCUT2D eigenvalue weighted by Gasteiger charge is -2.36. The molecule has 1 amide bonds. The lowest BCUT2D eigenvalue weighted by Crippen LogP contribution is -2.48. The molecule has 5 rings (SSSR count). The van der Waals surface area contributed by atoms with Gasteiger partial charge in [0, 0.05) is 75.2 Å². The number of rotatable bonds is 9. The van der Waals surface area contributed by atoms with Crippen molar-refractivity contribution in [2.45, 2.75) is 59.3 Å². The van der Waals surface area contributed by atoms with Gasteiger partial charge in [0.2, 0.25) is 5.88 Å². The van der Waals surface area contributed by atoms with Crippen LogP contribution in [0.5, 0.6) is 5.88 Å². The quantitative estimate of drug-likeness (QED) is 0.273. The Kier molecular flexibility index (Phi) is 11.2. The van der Waals surface area contributed by atoms with E-state index in [0.29, 0.717) is 50.1 Å². The Morgan fingerprint density at radius 2 is 1.55 bits per heavy atom. The number of benzene rings is 1. The molecule has 0 aliphatic carbocycles. The van der Waals surface area contributed by atoms with Gasteiger partial charge >= 0.3 is 6.18 Å². The second kappa shape index (κ2) is 15.3. The van der Waals surface area contributed by atoms with Gasteiger partial charge in [-0.15, -0.1) is 0 Å². The molecule has 2 saturated heterocycles. The van der Waals surface area contributed by atoms with Gasteiger partial charge in [-0.05, 0) is 92.6 Å². The highest BCUT2D eigenvalue weighted by Crippen LogP contribution is 2.32. The van der Waals surface area contributed by atoms with E-state index >= 15 is 0 Å². The van der Waals surface area contributed by atoms with E-state index in [2.05, 4.69) is 57.9 Å². The number of nitrogens with zero attached hydrogens (tertiary/aromatic N) is 5. The zero-order chi connectivity index (χ0) is 33.6. The number of amides is 1. The van der Waals surface area contributed by atoms with Crippen LogP contribution in [0.3, 0.4) is 0 Å². The Morgan fingerprint density at radius 1 is 0.915 bits per heavy atom. The molecular formula is C37H46F3N5O2. The van der Waals surface area contributed by atoms with Gasteiger partial charge in [0.25, 0.3) is 5.91 Å². The monoisotopic (exact) mass is 649 g/mol. The molecule has 3 aliphatic heterocycles. The number of allylic oxidation sites excluding steroid dienone is 4. The average molecular weight is 650 g/mol. The number of methoxy groups -OCH3 is 1. The highest BCUT2D eigenvalue weighted by atomic mass is 19.4. The zero-order valence-electron chi connectivity index (χ0n) is 27.9. The Bertz CT molecular complexity index is 1500. The first-order valence-corrected chi connectivity index (χ1v) is 16.5. The Labute approximate surface area is 276 Å². The average Bonchev–Trinajstić information content (AvgIpc) is 3.08. The van der Waals surface area contributed by atoms with Gasteiger partial charge < -0.3 is 14.5 Å². The van der Waals surface area contributed by atoms with Crippen molar-refractivity contribution in [2.24, 2.45) is 5.92 Å². The van der Waals surface area contributed by atoms with Crippen LogP contribution in [-0.2, 0) is 24.1 Å². The molecule has 1 aromatic carbocycles. The summed E-state index contributed by atoms with van der Waals surface area (Å²) in [5, 5.41) is 0. The van der Waals surface area contributed by atoms with E-state index in [4.69, 9.17) is 4.74 Å². The summed E-state index contributed by atoms with van der Waals surface area (Å²) in [6, 6.07) is 9.32. The van der Waals surface area contributed by atoms with Crippen LogP contribution in [0.1, 0.15) is 56.7 Å². The van der Waals surface area contributed by atoms with E-state index < -0.39 is 11.7 Å². The lowest BCUT2D eigenvalue weighted by molar-refractivity contribution is -0.137. The van der Waals surface area contributed by atoms with Crippen molar-refractivity contribution in [3.63, 3.8) is 0 Å². The largest absolute Gasteiger partial charge is 0.481 e. The van der Waals surface area contributed by atoms with Crippen molar-refractivity contribution in [3.05, 3.63) is 106 Å². The summed E-state index contributed by atoms with van der Waals surface area (Å²) >= 11 is 0. The highest BCUT2D eigenvalue weighted by molar-refractivity contribution is 5.92. The van der Waals surface area contributed by atoms with Crippen molar-refractivity contribution < 1.29 is 22.7 Å². The molecule has 0 saturated carbocycles. The topological polar surface area (TPSA) is 52.2 Å². The number of halogens is 3. The number of likely N-dealkylation sites (tertiary alicyclic amines) is 1. The molecule has 2 aromatic rings. The predicted octanol–water partition coefficient (Wildman–Crippen LogP) is 7.01. The summed E-state index contributed by atoms with van der Waals surface area (Å²) in [7, 11) is 1.63. The van der Waals surface area contributed by atoms with E-state index in [1.807, 2.05) is 30.3 Å². The number of piperidine rings is 1. The Balaban J connectivity index is 1.18. The van der Waals surface area contributed by atoms with Crippen molar-refractivity contribution in [2.75, 3.05) is 46.4 Å². The molecule has 0 unspecified atom stereocenters. The molecule has 1 aromatic heterocycles. The van der Waals surface area contributed by atoms with Gasteiger partial charge in [-0.2, -0.15) is 13.2 Å². The number of piperazine rings is 1. The standard InChI is InChI=1S/C37H46F3N5O2/c1-5-27(2)34-12-9-32(31-14-16-42(17-15-31)25-30-8-13-35(47-4)41-22-30)26-45(34)23-28(3)36(46)44-20-18-43(19-21-44)24-29-6-10-33(11-7-29)37(38,39)40/h6-13,22-23,26,31H,5,14-21,24-25H2,1-4H3/b28-23+,34-27-. The molecule has 0 radical (unpaired) electrons. The van der Waals surface area contributed by atoms with Gasteiger partial charge in [-0.1, -0.05) is 31.2 Å². The van der Waals surface area contributed by atoms with Crippen LogP contribution in [0.25, 0.3) is 0 Å². The lowest BCUT2D eigenvalue weighted by atomic mass is 9.87. The van der Waals surface area contributed by atoms with Crippen LogP contribution in [0.2, 0.25) is 0 Å². The third-order valence-electron chi connectivity index (χ3n) is 9.46. The Hall–Kier alpha value is -3.89. The fourth-order valence-corrected chi connectivity index (χ4v) is 6.41. The van der Waals surface area contributed by atoms with Crippen LogP contribution in [-0.4, -0.2) is 76.9 Å². The van der Waals surface area contributed by atoms with Crippen LogP contribution < -0.4 is 4.74 Å². The molecule has 0 bridgehead atoms. The van der Waals surface area contributed by atoms with Crippen LogP contribution in [0.4, 0.5) is 13.2 Å². The number of carbonyl (C=O) groups is 1. The van der Waals surface area contributed by atoms with E-state index in [0.717, 1.165) is 62.3 Å². The fraction of sp³-hybridized carbons (Fsp3) is 0.459. The number of carbonyl (C=O) groups excluding carboxylic acids is 1. The molecule has 0 spiro atoms. The van der Waals surface area contributed by atoms with Crippen LogP contribution in [0.15, 0.2) is 89.6 Å². The van der Waals surface area contributed by atoms with E-state index in [1.165, 1.54) is 28.8 Å². The summed E-state index contributed by atoms with van der Waals surface area (Å²) in [5.41, 5.74) is 5.71. The molecule has 4 heterocycles. The number of pyridine rings is 1. The van der Waals surface area contributed by atoms with Gasteiger partial charge in [-0.3, -0.25) is 14.6 Å². The van der Waals surface area contributed by atoms with Crippen LogP contribution in [0, 0.1) is 5.92 Å². The molecule has 7 nitrogen and oxygen atoms in total. The van der Waals surface area contributed by atoms with Gasteiger partial charge in [0.05, 0.1) is 12.7 Å². The van der Waals surface area contributed by atoms with Crippen molar-refractivity contribution in [1.29, 1.82) is 0 Å². The number of aromatic nitrogens is 1. The minimum absolute atomic E-state index is 0.0125. The van der Waals surface area contributed by atoms with Crippen molar-refractivity contribution in [1.82, 2.24) is 24.6 Å². The second-order valence-corrected chi connectivity index (χ2v) is 12.7. The third-order valence-corrected chi connectivity index (χ3v) is 9.46. The zero-order valence-corrected chi connectivity index (χ0v) is 27.9. The fourth-order valence-electron chi connectivity index (χ4n) is 6.41. The minimum Gasteiger partial charge on any atom is -0.481 e. The second-order valence-electron chi connectivity index (χ2n) is 12.7. The highest BCUT2D eigenvalue weighted by Gasteiger charge is 2.30. The summed E-state index contributed by atoms with van der Waals surface area (Å²) in [6.07, 6.45) is 9.23. The SMILES string of the molecule is CC/C(C)=C1/C=CC(C2CCN(Cc3ccc(OC)nc3)CC2)=CN1/C=C(\C)C(=O)N1CCN(Cc2ccc(C(F)(F)F)cc2)CC1. The van der Waals surface area contributed by atoms with Crippen molar-refractivity contribution in [3.8, 4) is 5.88 Å². The van der Waals surface area contributed by atoms with Crippen molar-refractivity contribution >= 4 is 5.91 Å². The first kappa shape index (κ1) is 34.4. The molecule has 47 heavy (non-hydrogen) atoms. The minimum atomic E-state index is -4.33. The van der Waals surface area contributed by atoms with Gasteiger partial charge in [0.15, 0.2) is 0 Å². The van der Waals surface area contributed by atoms with Gasteiger partial charge in [-0.25, -0.2) is 4.98 Å². The third kappa shape index (κ3) is 8.93. The Morgan fingerprint density at radius 3 is 2.15 bits per heavy atom. The maximum Gasteiger partial charge on any atom is 0.416 e. The summed E-state index contributed by atoms with van der Waals surface area (Å²) in [5.74, 6) is 1.09. The summed E-state index contributed by atoms with van der Waals surface area (Å²) < 4.78 is 43.9. The maximum atomic E-state index is 13.6. The molecule has 0 N–H and O–H groups in total. The smallest absolute Gasteiger partial charge is 0.416 e. The first-order valence-electron chi connectivity index (χ1n) is 16.5. The summed E-state index contributed by atoms with van der Waals surface area (Å²) in [6.45, 7) is 12.1. The van der Waals surface area contributed by atoms with Crippen LogP contribution >= 0.6 is 0 Å². The van der Waals surface area contributed by atoms with E-state index in [9.17, 15) is 18.0 Å². The maximum absolute atomic E-state index is 13.6. The molecule has 3 aliphatic rings. The predicted molar refractivity (Wildman–Crippen MR) is 178 cm³/mol. The van der Waals surface area contributed by atoms with E-state index in [1.54, 1.807) is 7.11 Å². The van der Waals surface area contributed by atoms with E-state index in [-0.39, 0.29) is 5.91 Å². The molecule has 2 fully saturated rings. The molecule has 0 atom stereocenters. The molecule has 252 valence electrons. The molecule has 10 heteroatoms. The first-order chi connectivity index (χ1) is 22.5.